The zero-order chi connectivity index (χ0) is 16.2. The van der Waals surface area contributed by atoms with Crippen LogP contribution in [0, 0.1) is 5.92 Å². The summed E-state index contributed by atoms with van der Waals surface area (Å²) in [6, 6.07) is 8.35. The normalized spacial score (nSPS) is 15.0. The molecule has 0 aliphatic rings. The van der Waals surface area contributed by atoms with E-state index in [1.54, 1.807) is 6.92 Å². The van der Waals surface area contributed by atoms with Gasteiger partial charge in [0.25, 0.3) is 0 Å². The monoisotopic (exact) mass is 291 g/mol. The van der Waals surface area contributed by atoms with E-state index in [2.05, 4.69) is 52.0 Å². The minimum absolute atomic E-state index is 0.182. The third-order valence-corrected chi connectivity index (χ3v) is 4.02. The predicted octanol–water partition coefficient (Wildman–Crippen LogP) is 3.57. The maximum absolute atomic E-state index is 11.0. The Morgan fingerprint density at radius 1 is 1.19 bits per heavy atom. The van der Waals surface area contributed by atoms with Gasteiger partial charge in [0.1, 0.15) is 6.04 Å². The zero-order valence-electron chi connectivity index (χ0n) is 14.2. The summed E-state index contributed by atoms with van der Waals surface area (Å²) in [5.74, 6) is -0.337. The van der Waals surface area contributed by atoms with E-state index < -0.39 is 12.0 Å². The topological polar surface area (TPSA) is 40.5 Å². The van der Waals surface area contributed by atoms with Gasteiger partial charge < -0.3 is 5.11 Å². The van der Waals surface area contributed by atoms with Gasteiger partial charge in [0, 0.05) is 6.54 Å². The number of carboxylic acid groups (broad SMARTS) is 1. The molecule has 0 radical (unpaired) electrons. The molecule has 0 amide bonds. The fraction of sp³-hybridized carbons (Fsp3) is 0.611. The number of benzene rings is 1. The van der Waals surface area contributed by atoms with E-state index >= 15 is 0 Å². The molecule has 3 heteroatoms. The molecular weight excluding hydrogens is 262 g/mol. The zero-order valence-corrected chi connectivity index (χ0v) is 14.2. The Morgan fingerprint density at radius 3 is 2.14 bits per heavy atom. The molecule has 0 aliphatic carbocycles. The number of hydrogen-bond donors (Lipinski definition) is 1. The summed E-state index contributed by atoms with van der Waals surface area (Å²) in [5, 5.41) is 9.02. The first-order valence-corrected chi connectivity index (χ1v) is 7.63. The first kappa shape index (κ1) is 17.7. The number of hydrogen-bond acceptors (Lipinski definition) is 2. The van der Waals surface area contributed by atoms with E-state index in [0.29, 0.717) is 5.92 Å². The second kappa shape index (κ2) is 7.08. The minimum atomic E-state index is -0.765. The Balaban J connectivity index is 2.59. The lowest BCUT2D eigenvalue weighted by Gasteiger charge is -2.25. The third kappa shape index (κ3) is 5.50. The van der Waals surface area contributed by atoms with Gasteiger partial charge in [-0.15, -0.1) is 0 Å². The maximum atomic E-state index is 11.0. The minimum Gasteiger partial charge on any atom is -0.480 e. The molecule has 0 bridgehead atoms. The van der Waals surface area contributed by atoms with E-state index in [1.165, 1.54) is 11.1 Å². The molecule has 0 aliphatic heterocycles. The number of likely N-dealkylation sites (N-methyl/N-ethyl adjacent to an activating group) is 1. The van der Waals surface area contributed by atoms with Gasteiger partial charge in [0.05, 0.1) is 0 Å². The molecule has 0 saturated carbocycles. The molecule has 0 heterocycles. The first-order valence-electron chi connectivity index (χ1n) is 7.63. The number of aliphatic carboxylic acids is 1. The van der Waals surface area contributed by atoms with Gasteiger partial charge in [-0.3, -0.25) is 9.69 Å². The highest BCUT2D eigenvalue weighted by Crippen LogP contribution is 2.23. The van der Waals surface area contributed by atoms with Crippen LogP contribution in [0.1, 0.15) is 45.7 Å². The molecule has 0 spiro atoms. The van der Waals surface area contributed by atoms with Crippen LogP contribution in [-0.2, 0) is 16.6 Å². The summed E-state index contributed by atoms with van der Waals surface area (Å²) in [7, 11) is 1.87. The quantitative estimate of drug-likeness (QED) is 0.871. The van der Waals surface area contributed by atoms with Crippen LogP contribution < -0.4 is 0 Å². The molecule has 3 nitrogen and oxygen atoms in total. The van der Waals surface area contributed by atoms with Crippen molar-refractivity contribution in [1.29, 1.82) is 0 Å². The van der Waals surface area contributed by atoms with E-state index in [9.17, 15) is 4.79 Å². The molecular formula is C18H29NO2. The average molecular weight is 291 g/mol. The van der Waals surface area contributed by atoms with E-state index in [-0.39, 0.29) is 5.41 Å². The van der Waals surface area contributed by atoms with Crippen LogP contribution in [0.2, 0.25) is 0 Å². The molecule has 1 rings (SSSR count). The SMILES string of the molecule is CC(Cc1ccc(C(C)(C)C)cc1)CN(C)C(C)C(=O)O. The maximum Gasteiger partial charge on any atom is 0.320 e. The number of nitrogens with zero attached hydrogens (tertiary/aromatic N) is 1. The van der Waals surface area contributed by atoms with Crippen molar-refractivity contribution in [2.45, 2.75) is 52.5 Å². The fourth-order valence-electron chi connectivity index (χ4n) is 2.45. The average Bonchev–Trinajstić information content (AvgIpc) is 2.36. The van der Waals surface area contributed by atoms with Crippen LogP contribution >= 0.6 is 0 Å². The highest BCUT2D eigenvalue weighted by molar-refractivity contribution is 5.72. The van der Waals surface area contributed by atoms with Gasteiger partial charge in [0.15, 0.2) is 0 Å². The summed E-state index contributed by atoms with van der Waals surface area (Å²) in [4.78, 5) is 12.9. The number of rotatable bonds is 6. The fourth-order valence-corrected chi connectivity index (χ4v) is 2.45. The summed E-state index contributed by atoms with van der Waals surface area (Å²) < 4.78 is 0. The molecule has 0 saturated heterocycles. The summed E-state index contributed by atoms with van der Waals surface area (Å²) in [6.45, 7) is 11.3. The largest absolute Gasteiger partial charge is 0.480 e. The number of carboxylic acids is 1. The van der Waals surface area contributed by atoms with Crippen LogP contribution in [0.3, 0.4) is 0 Å². The van der Waals surface area contributed by atoms with Crippen LogP contribution in [0.5, 0.6) is 0 Å². The van der Waals surface area contributed by atoms with Crippen molar-refractivity contribution in [1.82, 2.24) is 4.90 Å². The summed E-state index contributed by atoms with van der Waals surface area (Å²) >= 11 is 0. The second-order valence-electron chi connectivity index (χ2n) is 7.21. The standard InChI is InChI=1S/C18H29NO2/c1-13(12-19(6)14(2)17(20)21)11-15-7-9-16(10-8-15)18(3,4)5/h7-10,13-14H,11-12H2,1-6H3,(H,20,21). The highest BCUT2D eigenvalue weighted by Gasteiger charge is 2.19. The van der Waals surface area contributed by atoms with Crippen molar-refractivity contribution < 1.29 is 9.90 Å². The van der Waals surface area contributed by atoms with Gasteiger partial charge in [0.2, 0.25) is 0 Å². The van der Waals surface area contributed by atoms with Gasteiger partial charge in [-0.05, 0) is 42.9 Å². The molecule has 118 valence electrons. The molecule has 1 N–H and O–H groups in total. The lowest BCUT2D eigenvalue weighted by atomic mass is 9.86. The van der Waals surface area contributed by atoms with Crippen LogP contribution in [0.25, 0.3) is 0 Å². The van der Waals surface area contributed by atoms with Crippen molar-refractivity contribution in [3.05, 3.63) is 35.4 Å². The van der Waals surface area contributed by atoms with E-state index in [4.69, 9.17) is 5.11 Å². The van der Waals surface area contributed by atoms with Crippen LogP contribution in [0.4, 0.5) is 0 Å². The lowest BCUT2D eigenvalue weighted by Crippen LogP contribution is -2.38. The Hall–Kier alpha value is -1.35. The van der Waals surface area contributed by atoms with Crippen molar-refractivity contribution in [2.75, 3.05) is 13.6 Å². The van der Waals surface area contributed by atoms with Gasteiger partial charge >= 0.3 is 5.97 Å². The van der Waals surface area contributed by atoms with Crippen LogP contribution in [0.15, 0.2) is 24.3 Å². The highest BCUT2D eigenvalue weighted by atomic mass is 16.4. The van der Waals surface area contributed by atoms with Gasteiger partial charge in [-0.1, -0.05) is 52.0 Å². The summed E-state index contributed by atoms with van der Waals surface area (Å²) in [5.41, 5.74) is 2.84. The first-order chi connectivity index (χ1) is 9.61. The molecule has 0 aromatic heterocycles. The smallest absolute Gasteiger partial charge is 0.320 e. The van der Waals surface area contributed by atoms with Crippen molar-refractivity contribution >= 4 is 5.97 Å². The Bertz CT molecular complexity index is 459. The van der Waals surface area contributed by atoms with E-state index in [1.807, 2.05) is 11.9 Å². The molecule has 21 heavy (non-hydrogen) atoms. The van der Waals surface area contributed by atoms with Gasteiger partial charge in [-0.25, -0.2) is 0 Å². The molecule has 1 aromatic carbocycles. The summed E-state index contributed by atoms with van der Waals surface area (Å²) in [6.07, 6.45) is 0.973. The Kier molecular flexibility index (Phi) is 5.97. The lowest BCUT2D eigenvalue weighted by molar-refractivity contribution is -0.142. The van der Waals surface area contributed by atoms with Crippen molar-refractivity contribution in [2.24, 2.45) is 5.92 Å². The van der Waals surface area contributed by atoms with Crippen molar-refractivity contribution in [3.63, 3.8) is 0 Å². The third-order valence-electron chi connectivity index (χ3n) is 4.02. The second-order valence-corrected chi connectivity index (χ2v) is 7.21. The van der Waals surface area contributed by atoms with Crippen LogP contribution in [-0.4, -0.2) is 35.6 Å². The van der Waals surface area contributed by atoms with E-state index in [0.717, 1.165) is 13.0 Å². The predicted molar refractivity (Wildman–Crippen MR) is 87.7 cm³/mol. The molecule has 0 fully saturated rings. The van der Waals surface area contributed by atoms with Crippen molar-refractivity contribution in [3.8, 4) is 0 Å². The molecule has 1 aromatic rings. The van der Waals surface area contributed by atoms with Gasteiger partial charge in [-0.2, -0.15) is 0 Å². The molecule has 2 atom stereocenters. The molecule has 2 unspecified atom stereocenters. The number of carbonyl (C=O) groups is 1. The Morgan fingerprint density at radius 2 is 1.71 bits per heavy atom. The Labute approximate surface area is 129 Å².